The highest BCUT2D eigenvalue weighted by atomic mass is 16.5. The molecule has 0 amide bonds. The first-order valence-electron chi connectivity index (χ1n) is 6.49. The first kappa shape index (κ1) is 12.3. The predicted molar refractivity (Wildman–Crippen MR) is 63.5 cm³/mol. The topological polar surface area (TPSA) is 56.0 Å². The van der Waals surface area contributed by atoms with Gasteiger partial charge < -0.3 is 4.52 Å². The summed E-state index contributed by atoms with van der Waals surface area (Å²) in [4.78, 5) is 16.0. The van der Waals surface area contributed by atoms with Gasteiger partial charge in [0.1, 0.15) is 5.78 Å². The molecule has 1 aromatic heterocycles. The van der Waals surface area contributed by atoms with Crippen molar-refractivity contribution in [3.8, 4) is 0 Å². The first-order chi connectivity index (χ1) is 8.15. The summed E-state index contributed by atoms with van der Waals surface area (Å²) in [6.45, 7) is 4.25. The third-order valence-corrected chi connectivity index (χ3v) is 3.20. The van der Waals surface area contributed by atoms with E-state index in [-0.39, 0.29) is 5.92 Å². The zero-order valence-corrected chi connectivity index (χ0v) is 10.6. The molecule has 0 bridgehead atoms. The monoisotopic (exact) mass is 236 g/mol. The molecule has 94 valence electrons. The highest BCUT2D eigenvalue weighted by Gasteiger charge is 2.24. The molecule has 0 N–H and O–H groups in total. The van der Waals surface area contributed by atoms with Crippen LogP contribution in [0.5, 0.6) is 0 Å². The summed E-state index contributed by atoms with van der Waals surface area (Å²) in [7, 11) is 0. The van der Waals surface area contributed by atoms with Crippen molar-refractivity contribution in [3.05, 3.63) is 11.7 Å². The molecule has 1 saturated carbocycles. The molecule has 0 saturated heterocycles. The zero-order chi connectivity index (χ0) is 12.3. The molecule has 1 aromatic rings. The number of nitrogens with zero attached hydrogens (tertiary/aromatic N) is 2. The fourth-order valence-corrected chi connectivity index (χ4v) is 2.30. The molecular formula is C13H20N2O2. The standard InChI is InChI=1S/C13H20N2O2/c1-9(2)7-12-14-13(17-15-12)8-10-5-3-4-6-11(10)16/h9-10H,3-8H2,1-2H3. The van der Waals surface area contributed by atoms with E-state index >= 15 is 0 Å². The van der Waals surface area contributed by atoms with Gasteiger partial charge in [-0.3, -0.25) is 4.79 Å². The molecule has 0 aliphatic heterocycles. The Labute approximate surface area is 102 Å². The van der Waals surface area contributed by atoms with E-state index in [9.17, 15) is 4.79 Å². The smallest absolute Gasteiger partial charge is 0.227 e. The van der Waals surface area contributed by atoms with Crippen molar-refractivity contribution in [1.29, 1.82) is 0 Å². The van der Waals surface area contributed by atoms with E-state index in [1.165, 1.54) is 0 Å². The summed E-state index contributed by atoms with van der Waals surface area (Å²) in [5.41, 5.74) is 0. The summed E-state index contributed by atoms with van der Waals surface area (Å²) in [6, 6.07) is 0. The van der Waals surface area contributed by atoms with E-state index in [1.54, 1.807) is 0 Å². The number of hydrogen-bond acceptors (Lipinski definition) is 4. The van der Waals surface area contributed by atoms with Crippen LogP contribution >= 0.6 is 0 Å². The van der Waals surface area contributed by atoms with E-state index in [0.717, 1.165) is 37.9 Å². The normalized spacial score (nSPS) is 21.1. The summed E-state index contributed by atoms with van der Waals surface area (Å²) in [5, 5.41) is 3.95. The number of aromatic nitrogens is 2. The Kier molecular flexibility index (Phi) is 3.92. The Morgan fingerprint density at radius 1 is 1.41 bits per heavy atom. The van der Waals surface area contributed by atoms with Gasteiger partial charge in [-0.2, -0.15) is 4.98 Å². The predicted octanol–water partition coefficient (Wildman–Crippen LogP) is 2.57. The average molecular weight is 236 g/mol. The molecule has 17 heavy (non-hydrogen) atoms. The Morgan fingerprint density at radius 2 is 2.24 bits per heavy atom. The molecular weight excluding hydrogens is 216 g/mol. The van der Waals surface area contributed by atoms with Gasteiger partial charge in [0.15, 0.2) is 5.82 Å². The second kappa shape index (κ2) is 5.43. The minimum atomic E-state index is 0.107. The maximum absolute atomic E-state index is 11.7. The lowest BCUT2D eigenvalue weighted by Gasteiger charge is -2.18. The van der Waals surface area contributed by atoms with Gasteiger partial charge in [0.2, 0.25) is 5.89 Å². The van der Waals surface area contributed by atoms with Crippen LogP contribution in [0.25, 0.3) is 0 Å². The molecule has 0 spiro atoms. The lowest BCUT2D eigenvalue weighted by atomic mass is 9.86. The molecule has 1 heterocycles. The molecule has 1 aliphatic rings. The third kappa shape index (κ3) is 3.38. The Morgan fingerprint density at radius 3 is 2.94 bits per heavy atom. The highest BCUT2D eigenvalue weighted by Crippen LogP contribution is 2.23. The molecule has 4 heteroatoms. The molecule has 1 unspecified atom stereocenters. The highest BCUT2D eigenvalue weighted by molar-refractivity contribution is 5.81. The van der Waals surface area contributed by atoms with Crippen LogP contribution in [0.3, 0.4) is 0 Å². The Bertz CT molecular complexity index is 385. The molecule has 1 fully saturated rings. The van der Waals surface area contributed by atoms with E-state index < -0.39 is 0 Å². The van der Waals surface area contributed by atoms with Crippen molar-refractivity contribution in [1.82, 2.24) is 10.1 Å². The van der Waals surface area contributed by atoms with Crippen molar-refractivity contribution >= 4 is 5.78 Å². The lowest BCUT2D eigenvalue weighted by molar-refractivity contribution is -0.124. The maximum atomic E-state index is 11.7. The summed E-state index contributed by atoms with van der Waals surface area (Å²) in [5.74, 6) is 2.38. The van der Waals surface area contributed by atoms with Crippen LogP contribution in [0.15, 0.2) is 4.52 Å². The Hall–Kier alpha value is -1.19. The van der Waals surface area contributed by atoms with Crippen LogP contribution in [0.1, 0.15) is 51.2 Å². The lowest BCUT2D eigenvalue weighted by Crippen LogP contribution is -2.21. The van der Waals surface area contributed by atoms with Gasteiger partial charge in [0, 0.05) is 25.2 Å². The largest absolute Gasteiger partial charge is 0.339 e. The molecule has 1 aliphatic carbocycles. The minimum Gasteiger partial charge on any atom is -0.339 e. The second-order valence-electron chi connectivity index (χ2n) is 5.32. The van der Waals surface area contributed by atoms with Gasteiger partial charge in [-0.1, -0.05) is 25.4 Å². The van der Waals surface area contributed by atoms with Crippen LogP contribution in [0, 0.1) is 11.8 Å². The van der Waals surface area contributed by atoms with Gasteiger partial charge in [-0.15, -0.1) is 0 Å². The van der Waals surface area contributed by atoms with Gasteiger partial charge in [-0.05, 0) is 18.8 Å². The van der Waals surface area contributed by atoms with E-state index in [0.29, 0.717) is 24.0 Å². The maximum Gasteiger partial charge on any atom is 0.227 e. The average Bonchev–Trinajstić information content (AvgIpc) is 2.68. The fourth-order valence-electron chi connectivity index (χ4n) is 2.30. The van der Waals surface area contributed by atoms with E-state index in [1.807, 2.05) is 0 Å². The van der Waals surface area contributed by atoms with Crippen molar-refractivity contribution in [2.75, 3.05) is 0 Å². The SMILES string of the molecule is CC(C)Cc1noc(CC2CCCCC2=O)n1. The van der Waals surface area contributed by atoms with Gasteiger partial charge >= 0.3 is 0 Å². The number of carbonyl (C=O) groups excluding carboxylic acids is 1. The molecule has 0 radical (unpaired) electrons. The Balaban J connectivity index is 1.93. The molecule has 2 rings (SSSR count). The number of rotatable bonds is 4. The van der Waals surface area contributed by atoms with Crippen LogP contribution in [-0.2, 0) is 17.6 Å². The van der Waals surface area contributed by atoms with Crippen LogP contribution in [0.4, 0.5) is 0 Å². The van der Waals surface area contributed by atoms with Crippen molar-refractivity contribution in [2.45, 2.75) is 52.4 Å². The summed E-state index contributed by atoms with van der Waals surface area (Å²) in [6.07, 6.45) is 5.34. The quantitative estimate of drug-likeness (QED) is 0.806. The molecule has 1 atom stereocenters. The van der Waals surface area contributed by atoms with Crippen molar-refractivity contribution < 1.29 is 9.32 Å². The van der Waals surface area contributed by atoms with Gasteiger partial charge in [-0.25, -0.2) is 0 Å². The van der Waals surface area contributed by atoms with Crippen molar-refractivity contribution in [2.24, 2.45) is 11.8 Å². The fraction of sp³-hybridized carbons (Fsp3) is 0.769. The summed E-state index contributed by atoms with van der Waals surface area (Å²) < 4.78 is 5.20. The zero-order valence-electron chi connectivity index (χ0n) is 10.6. The van der Waals surface area contributed by atoms with Crippen LogP contribution < -0.4 is 0 Å². The van der Waals surface area contributed by atoms with E-state index in [2.05, 4.69) is 24.0 Å². The summed E-state index contributed by atoms with van der Waals surface area (Å²) >= 11 is 0. The number of carbonyl (C=O) groups is 1. The van der Waals surface area contributed by atoms with Crippen LogP contribution in [-0.4, -0.2) is 15.9 Å². The van der Waals surface area contributed by atoms with Crippen molar-refractivity contribution in [3.63, 3.8) is 0 Å². The molecule has 0 aromatic carbocycles. The number of Topliss-reactive ketones (excluding diaryl/α,β-unsaturated/α-hetero) is 1. The second-order valence-corrected chi connectivity index (χ2v) is 5.32. The minimum absolute atomic E-state index is 0.107. The molecule has 4 nitrogen and oxygen atoms in total. The van der Waals surface area contributed by atoms with E-state index in [4.69, 9.17) is 4.52 Å². The van der Waals surface area contributed by atoms with Gasteiger partial charge in [0.05, 0.1) is 0 Å². The first-order valence-corrected chi connectivity index (χ1v) is 6.49. The van der Waals surface area contributed by atoms with Crippen LogP contribution in [0.2, 0.25) is 0 Å². The third-order valence-electron chi connectivity index (χ3n) is 3.20. The number of hydrogen-bond donors (Lipinski definition) is 0. The van der Waals surface area contributed by atoms with Gasteiger partial charge in [0.25, 0.3) is 0 Å². The number of ketones is 1.